The molecule has 2 aromatic rings. The molecule has 7 nitrogen and oxygen atoms in total. The van der Waals surface area contributed by atoms with Crippen molar-refractivity contribution in [1.29, 1.82) is 0 Å². The minimum absolute atomic E-state index is 0. The Balaban J connectivity index is 0.00000341. The summed E-state index contributed by atoms with van der Waals surface area (Å²) in [6.45, 7) is 11.1. The third kappa shape index (κ3) is 8.21. The third-order valence-corrected chi connectivity index (χ3v) is 5.23. The van der Waals surface area contributed by atoms with Crippen molar-refractivity contribution in [2.24, 2.45) is 4.99 Å². The van der Waals surface area contributed by atoms with Gasteiger partial charge in [0.15, 0.2) is 5.96 Å². The molecule has 1 saturated heterocycles. The van der Waals surface area contributed by atoms with Crippen LogP contribution >= 0.6 is 24.0 Å². The Morgan fingerprint density at radius 1 is 1.13 bits per heavy atom. The molecule has 2 N–H and O–H groups in total. The molecule has 1 aliphatic rings. The van der Waals surface area contributed by atoms with E-state index in [0.29, 0.717) is 0 Å². The minimum atomic E-state index is -0.184. The molecule has 9 heteroatoms. The maximum Gasteiger partial charge on any atom is 0.225 e. The number of hydrogen-bond acceptors (Lipinski definition) is 5. The van der Waals surface area contributed by atoms with Gasteiger partial charge in [0.1, 0.15) is 5.82 Å². The van der Waals surface area contributed by atoms with Gasteiger partial charge < -0.3 is 15.5 Å². The van der Waals surface area contributed by atoms with E-state index in [9.17, 15) is 4.39 Å². The second kappa shape index (κ2) is 13.4. The fraction of sp³-hybridized carbons (Fsp3) is 0.500. The quantitative estimate of drug-likeness (QED) is 0.304. The molecule has 1 fully saturated rings. The normalized spacial score (nSPS) is 14.8. The number of rotatable bonds is 8. The second-order valence-electron chi connectivity index (χ2n) is 7.39. The van der Waals surface area contributed by atoms with E-state index in [1.807, 2.05) is 19.1 Å². The molecule has 1 aromatic heterocycles. The number of halogens is 2. The molecule has 2 heterocycles. The molecule has 0 bridgehead atoms. The van der Waals surface area contributed by atoms with Crippen LogP contribution in [0, 0.1) is 12.7 Å². The fourth-order valence-electron chi connectivity index (χ4n) is 3.53. The van der Waals surface area contributed by atoms with Gasteiger partial charge in [-0.05, 0) is 49.6 Å². The largest absolute Gasteiger partial charge is 0.357 e. The number of anilines is 1. The van der Waals surface area contributed by atoms with E-state index in [-0.39, 0.29) is 29.8 Å². The maximum atomic E-state index is 13.2. The number of aliphatic imine (C=N–C) groups is 1. The lowest BCUT2D eigenvalue weighted by Gasteiger charge is -2.34. The van der Waals surface area contributed by atoms with Crippen LogP contribution in [0.5, 0.6) is 0 Å². The van der Waals surface area contributed by atoms with Gasteiger partial charge in [-0.3, -0.25) is 9.89 Å². The van der Waals surface area contributed by atoms with Gasteiger partial charge in [0.2, 0.25) is 5.95 Å². The molecule has 31 heavy (non-hydrogen) atoms. The van der Waals surface area contributed by atoms with Gasteiger partial charge >= 0.3 is 0 Å². The number of benzene rings is 1. The predicted molar refractivity (Wildman–Crippen MR) is 135 cm³/mol. The van der Waals surface area contributed by atoms with Gasteiger partial charge in [-0.25, -0.2) is 14.4 Å². The summed E-state index contributed by atoms with van der Waals surface area (Å²) in [5.74, 6) is 1.45. The summed E-state index contributed by atoms with van der Waals surface area (Å²) in [6.07, 6.45) is 4.41. The van der Waals surface area contributed by atoms with Crippen LogP contribution in [0.4, 0.5) is 10.3 Å². The Kier molecular flexibility index (Phi) is 10.9. The number of guanidine groups is 1. The van der Waals surface area contributed by atoms with Crippen molar-refractivity contribution in [2.45, 2.75) is 20.3 Å². The van der Waals surface area contributed by atoms with Crippen LogP contribution in [0.3, 0.4) is 0 Å². The zero-order chi connectivity index (χ0) is 21.2. The number of aryl methyl sites for hydroxylation is 1. The Morgan fingerprint density at radius 2 is 1.87 bits per heavy atom. The lowest BCUT2D eigenvalue weighted by Crippen LogP contribution is -2.47. The molecule has 1 aromatic carbocycles. The Morgan fingerprint density at radius 3 is 2.55 bits per heavy atom. The van der Waals surface area contributed by atoms with Crippen LogP contribution < -0.4 is 15.5 Å². The SMILES string of the molecule is CCNC(=NCCN1CCN(c2ncccn2)CC1)NCCc1ccc(F)cc1C.I. The highest BCUT2D eigenvalue weighted by Gasteiger charge is 2.18. The molecule has 0 amide bonds. The van der Waals surface area contributed by atoms with Crippen molar-refractivity contribution in [3.05, 3.63) is 53.6 Å². The van der Waals surface area contributed by atoms with Crippen LogP contribution in [0.2, 0.25) is 0 Å². The third-order valence-electron chi connectivity index (χ3n) is 5.23. The standard InChI is InChI=1S/C22H32FN7.HI/c1-3-24-21(25-10-7-19-5-6-20(23)17-18(19)2)26-11-12-29-13-15-30(16-14-29)22-27-8-4-9-28-22;/h4-6,8-9,17H,3,7,10-16H2,1-2H3,(H2,24,25,26);1H. The van der Waals surface area contributed by atoms with Crippen LogP contribution in [0.25, 0.3) is 0 Å². The molecule has 1 aliphatic heterocycles. The van der Waals surface area contributed by atoms with Crippen molar-refractivity contribution in [3.63, 3.8) is 0 Å². The van der Waals surface area contributed by atoms with E-state index in [1.54, 1.807) is 18.5 Å². The highest BCUT2D eigenvalue weighted by molar-refractivity contribution is 14.0. The highest BCUT2D eigenvalue weighted by atomic mass is 127. The van der Waals surface area contributed by atoms with Crippen LogP contribution in [-0.4, -0.2) is 73.2 Å². The van der Waals surface area contributed by atoms with Crippen molar-refractivity contribution in [2.75, 3.05) is 57.3 Å². The van der Waals surface area contributed by atoms with Crippen LogP contribution in [-0.2, 0) is 6.42 Å². The minimum Gasteiger partial charge on any atom is -0.357 e. The Bertz CT molecular complexity index is 811. The fourth-order valence-corrected chi connectivity index (χ4v) is 3.53. The Labute approximate surface area is 201 Å². The molecular weight excluding hydrogens is 508 g/mol. The average molecular weight is 541 g/mol. The Hall–Kier alpha value is -2.01. The average Bonchev–Trinajstić information content (AvgIpc) is 2.76. The first kappa shape index (κ1) is 25.3. The van der Waals surface area contributed by atoms with Crippen LogP contribution in [0.15, 0.2) is 41.7 Å². The molecular formula is C22H33FIN7. The van der Waals surface area contributed by atoms with Gasteiger partial charge in [-0.1, -0.05) is 6.07 Å². The van der Waals surface area contributed by atoms with Crippen molar-refractivity contribution in [3.8, 4) is 0 Å². The summed E-state index contributed by atoms with van der Waals surface area (Å²) in [5.41, 5.74) is 2.14. The molecule has 0 spiro atoms. The molecule has 0 aliphatic carbocycles. The van der Waals surface area contributed by atoms with E-state index in [4.69, 9.17) is 4.99 Å². The van der Waals surface area contributed by atoms with E-state index >= 15 is 0 Å². The molecule has 0 saturated carbocycles. The van der Waals surface area contributed by atoms with Gasteiger partial charge in [-0.15, -0.1) is 24.0 Å². The van der Waals surface area contributed by atoms with Gasteiger partial charge in [-0.2, -0.15) is 0 Å². The number of piperazine rings is 1. The molecule has 0 radical (unpaired) electrons. The summed E-state index contributed by atoms with van der Waals surface area (Å²) < 4.78 is 13.2. The molecule has 170 valence electrons. The number of aromatic nitrogens is 2. The number of nitrogens with one attached hydrogen (secondary N) is 2. The first-order valence-corrected chi connectivity index (χ1v) is 10.7. The van der Waals surface area contributed by atoms with E-state index in [0.717, 1.165) is 81.8 Å². The summed E-state index contributed by atoms with van der Waals surface area (Å²) in [6, 6.07) is 6.80. The summed E-state index contributed by atoms with van der Waals surface area (Å²) in [7, 11) is 0. The predicted octanol–water partition coefficient (Wildman–Crippen LogP) is 2.46. The second-order valence-corrected chi connectivity index (χ2v) is 7.39. The first-order valence-electron chi connectivity index (χ1n) is 10.7. The zero-order valence-corrected chi connectivity index (χ0v) is 20.7. The lowest BCUT2D eigenvalue weighted by molar-refractivity contribution is 0.263. The van der Waals surface area contributed by atoms with Crippen molar-refractivity contribution >= 4 is 35.9 Å². The smallest absolute Gasteiger partial charge is 0.225 e. The zero-order valence-electron chi connectivity index (χ0n) is 18.4. The molecule has 0 unspecified atom stereocenters. The number of hydrogen-bond donors (Lipinski definition) is 2. The van der Waals surface area contributed by atoms with Gasteiger partial charge in [0.25, 0.3) is 0 Å². The molecule has 3 rings (SSSR count). The summed E-state index contributed by atoms with van der Waals surface area (Å²) in [4.78, 5) is 18.0. The lowest BCUT2D eigenvalue weighted by atomic mass is 10.1. The highest BCUT2D eigenvalue weighted by Crippen LogP contribution is 2.11. The first-order chi connectivity index (χ1) is 14.7. The van der Waals surface area contributed by atoms with Crippen molar-refractivity contribution in [1.82, 2.24) is 25.5 Å². The number of nitrogens with zero attached hydrogens (tertiary/aromatic N) is 5. The van der Waals surface area contributed by atoms with E-state index in [1.165, 1.54) is 6.07 Å². The van der Waals surface area contributed by atoms with E-state index in [2.05, 4.69) is 37.3 Å². The van der Waals surface area contributed by atoms with Gasteiger partial charge in [0, 0.05) is 58.2 Å². The monoisotopic (exact) mass is 541 g/mol. The topological polar surface area (TPSA) is 68.7 Å². The van der Waals surface area contributed by atoms with Crippen molar-refractivity contribution < 1.29 is 4.39 Å². The van der Waals surface area contributed by atoms with E-state index < -0.39 is 0 Å². The summed E-state index contributed by atoms with van der Waals surface area (Å²) >= 11 is 0. The molecule has 0 atom stereocenters. The summed E-state index contributed by atoms with van der Waals surface area (Å²) in [5, 5.41) is 6.67. The van der Waals surface area contributed by atoms with Gasteiger partial charge in [0.05, 0.1) is 6.54 Å². The maximum absolute atomic E-state index is 13.2. The van der Waals surface area contributed by atoms with Crippen LogP contribution in [0.1, 0.15) is 18.1 Å².